The van der Waals surface area contributed by atoms with Crippen molar-refractivity contribution in [3.63, 3.8) is 0 Å². The number of benzene rings is 1. The van der Waals surface area contributed by atoms with Crippen molar-refractivity contribution in [1.82, 2.24) is 15.5 Å². The second-order valence-electron chi connectivity index (χ2n) is 5.61. The number of amides is 2. The SMILES string of the molecule is O=C(Nc1nnc(C2CC2)s1)N[C@H]1CCc2ccccc21. The number of carbonyl (C=O) groups excluding carboxylic acids is 1. The van der Waals surface area contributed by atoms with Crippen LogP contribution in [0, 0.1) is 0 Å². The van der Waals surface area contributed by atoms with Crippen LogP contribution in [0.3, 0.4) is 0 Å². The van der Waals surface area contributed by atoms with E-state index in [4.69, 9.17) is 0 Å². The van der Waals surface area contributed by atoms with Gasteiger partial charge in [-0.2, -0.15) is 0 Å². The molecule has 0 bridgehead atoms. The van der Waals surface area contributed by atoms with Gasteiger partial charge in [-0.15, -0.1) is 10.2 Å². The van der Waals surface area contributed by atoms with Crippen LogP contribution < -0.4 is 10.6 Å². The molecule has 6 heteroatoms. The normalized spacial score (nSPS) is 20.1. The van der Waals surface area contributed by atoms with Gasteiger partial charge in [0, 0.05) is 5.92 Å². The number of urea groups is 1. The Labute approximate surface area is 126 Å². The van der Waals surface area contributed by atoms with Gasteiger partial charge in [0.1, 0.15) is 5.01 Å². The predicted octanol–water partition coefficient (Wildman–Crippen LogP) is 3.22. The molecule has 108 valence electrons. The lowest BCUT2D eigenvalue weighted by Crippen LogP contribution is -2.31. The van der Waals surface area contributed by atoms with Gasteiger partial charge in [0.05, 0.1) is 6.04 Å². The molecule has 2 aromatic rings. The second-order valence-corrected chi connectivity index (χ2v) is 6.62. The van der Waals surface area contributed by atoms with Gasteiger partial charge in [-0.05, 0) is 36.8 Å². The molecular weight excluding hydrogens is 284 g/mol. The molecule has 1 aromatic heterocycles. The van der Waals surface area contributed by atoms with E-state index in [0.717, 1.165) is 17.8 Å². The number of hydrogen-bond donors (Lipinski definition) is 2. The molecule has 0 radical (unpaired) electrons. The molecule has 0 aliphatic heterocycles. The van der Waals surface area contributed by atoms with Crippen LogP contribution in [0.25, 0.3) is 0 Å². The van der Waals surface area contributed by atoms with Crippen molar-refractivity contribution in [2.45, 2.75) is 37.6 Å². The van der Waals surface area contributed by atoms with E-state index in [1.807, 2.05) is 12.1 Å². The van der Waals surface area contributed by atoms with Crippen LogP contribution in [-0.2, 0) is 6.42 Å². The molecule has 1 saturated carbocycles. The Kier molecular flexibility index (Phi) is 3.11. The average molecular weight is 300 g/mol. The first-order valence-corrected chi connectivity index (χ1v) is 8.10. The molecule has 1 atom stereocenters. The number of aromatic nitrogens is 2. The van der Waals surface area contributed by atoms with Gasteiger partial charge in [0.25, 0.3) is 0 Å². The minimum absolute atomic E-state index is 0.0945. The number of rotatable bonds is 3. The van der Waals surface area contributed by atoms with Crippen LogP contribution >= 0.6 is 11.3 Å². The summed E-state index contributed by atoms with van der Waals surface area (Å²) in [6, 6.07) is 8.17. The first-order valence-electron chi connectivity index (χ1n) is 7.28. The third kappa shape index (κ3) is 2.63. The molecule has 4 rings (SSSR count). The maximum atomic E-state index is 12.1. The average Bonchev–Trinajstić information content (AvgIpc) is 3.12. The molecule has 2 aliphatic carbocycles. The van der Waals surface area contributed by atoms with Crippen molar-refractivity contribution in [2.75, 3.05) is 5.32 Å². The van der Waals surface area contributed by atoms with Crippen molar-refractivity contribution < 1.29 is 4.79 Å². The lowest BCUT2D eigenvalue weighted by Gasteiger charge is -2.13. The molecular formula is C15H16N4OS. The first kappa shape index (κ1) is 12.8. The van der Waals surface area contributed by atoms with E-state index < -0.39 is 0 Å². The third-order valence-electron chi connectivity index (χ3n) is 4.03. The molecule has 1 aromatic carbocycles. The Bertz CT molecular complexity index is 680. The highest BCUT2D eigenvalue weighted by Gasteiger charge is 2.28. The lowest BCUT2D eigenvalue weighted by atomic mass is 10.1. The highest BCUT2D eigenvalue weighted by Crippen LogP contribution is 2.42. The van der Waals surface area contributed by atoms with Crippen LogP contribution in [0.5, 0.6) is 0 Å². The Hall–Kier alpha value is -1.95. The number of nitrogens with one attached hydrogen (secondary N) is 2. The molecule has 2 N–H and O–H groups in total. The molecule has 1 heterocycles. The monoisotopic (exact) mass is 300 g/mol. The van der Waals surface area contributed by atoms with Gasteiger partial charge < -0.3 is 5.32 Å². The van der Waals surface area contributed by atoms with Crippen molar-refractivity contribution in [2.24, 2.45) is 0 Å². The zero-order valence-electron chi connectivity index (χ0n) is 11.5. The molecule has 0 unspecified atom stereocenters. The van der Waals surface area contributed by atoms with E-state index in [1.54, 1.807) is 0 Å². The van der Waals surface area contributed by atoms with E-state index in [9.17, 15) is 4.79 Å². The second kappa shape index (κ2) is 5.11. The molecule has 2 amide bonds. The third-order valence-corrected chi connectivity index (χ3v) is 5.03. The van der Waals surface area contributed by atoms with Crippen molar-refractivity contribution >= 4 is 22.5 Å². The van der Waals surface area contributed by atoms with Gasteiger partial charge in [0.15, 0.2) is 0 Å². The quantitative estimate of drug-likeness (QED) is 0.914. The summed E-state index contributed by atoms with van der Waals surface area (Å²) in [4.78, 5) is 12.1. The fourth-order valence-electron chi connectivity index (χ4n) is 2.78. The fraction of sp³-hybridized carbons (Fsp3) is 0.400. The number of anilines is 1. The van der Waals surface area contributed by atoms with E-state index >= 15 is 0 Å². The van der Waals surface area contributed by atoms with Crippen LogP contribution in [0.1, 0.15) is 47.4 Å². The maximum Gasteiger partial charge on any atom is 0.321 e. The number of nitrogens with zero attached hydrogens (tertiary/aromatic N) is 2. The maximum absolute atomic E-state index is 12.1. The highest BCUT2D eigenvalue weighted by atomic mass is 32.1. The lowest BCUT2D eigenvalue weighted by molar-refractivity contribution is 0.248. The molecule has 21 heavy (non-hydrogen) atoms. The Morgan fingerprint density at radius 3 is 2.90 bits per heavy atom. The van der Waals surface area contributed by atoms with Gasteiger partial charge in [-0.3, -0.25) is 5.32 Å². The van der Waals surface area contributed by atoms with Crippen LogP contribution in [-0.4, -0.2) is 16.2 Å². The zero-order chi connectivity index (χ0) is 14.2. The standard InChI is InChI=1S/C15H16N4OS/c20-14(17-15-19-18-13(21-15)10-5-6-10)16-12-8-7-9-3-1-2-4-11(9)12/h1-4,10,12H,5-8H2,(H2,16,17,19,20)/t12-/m0/s1. The Balaban J connectivity index is 1.39. The summed E-state index contributed by atoms with van der Waals surface area (Å²) in [6.45, 7) is 0. The van der Waals surface area contributed by atoms with E-state index in [-0.39, 0.29) is 12.1 Å². The number of aryl methyl sites for hydroxylation is 1. The van der Waals surface area contributed by atoms with Gasteiger partial charge >= 0.3 is 6.03 Å². The van der Waals surface area contributed by atoms with Crippen LogP contribution in [0.15, 0.2) is 24.3 Å². The largest absolute Gasteiger partial charge is 0.331 e. The Morgan fingerprint density at radius 1 is 1.19 bits per heavy atom. The predicted molar refractivity (Wildman–Crippen MR) is 81.5 cm³/mol. The number of hydrogen-bond acceptors (Lipinski definition) is 4. The molecule has 2 aliphatic rings. The summed E-state index contributed by atoms with van der Waals surface area (Å²) in [5.74, 6) is 0.572. The summed E-state index contributed by atoms with van der Waals surface area (Å²) >= 11 is 1.48. The summed E-state index contributed by atoms with van der Waals surface area (Å²) in [7, 11) is 0. The summed E-state index contributed by atoms with van der Waals surface area (Å²) < 4.78 is 0. The molecule has 1 fully saturated rings. The van der Waals surface area contributed by atoms with Crippen LogP contribution in [0.4, 0.5) is 9.93 Å². The zero-order valence-corrected chi connectivity index (χ0v) is 12.3. The number of fused-ring (bicyclic) bond motifs is 1. The van der Waals surface area contributed by atoms with Crippen molar-refractivity contribution in [3.05, 3.63) is 40.4 Å². The summed E-state index contributed by atoms with van der Waals surface area (Å²) in [5, 5.41) is 15.6. The van der Waals surface area contributed by atoms with Gasteiger partial charge in [0.2, 0.25) is 5.13 Å². The minimum atomic E-state index is -0.199. The van der Waals surface area contributed by atoms with Gasteiger partial charge in [-0.1, -0.05) is 35.6 Å². The highest BCUT2D eigenvalue weighted by molar-refractivity contribution is 7.15. The molecule has 0 spiro atoms. The van der Waals surface area contributed by atoms with E-state index in [0.29, 0.717) is 11.0 Å². The minimum Gasteiger partial charge on any atom is -0.331 e. The fourth-order valence-corrected chi connectivity index (χ4v) is 3.69. The Morgan fingerprint density at radius 2 is 2.05 bits per heavy atom. The van der Waals surface area contributed by atoms with Crippen molar-refractivity contribution in [1.29, 1.82) is 0 Å². The van der Waals surface area contributed by atoms with E-state index in [1.165, 1.54) is 35.3 Å². The summed E-state index contributed by atoms with van der Waals surface area (Å²) in [6.07, 6.45) is 4.36. The van der Waals surface area contributed by atoms with Gasteiger partial charge in [-0.25, -0.2) is 4.79 Å². The molecule has 5 nitrogen and oxygen atoms in total. The molecule has 0 saturated heterocycles. The van der Waals surface area contributed by atoms with E-state index in [2.05, 4.69) is 33.0 Å². The van der Waals surface area contributed by atoms with Crippen molar-refractivity contribution in [3.8, 4) is 0 Å². The summed E-state index contributed by atoms with van der Waals surface area (Å²) in [5.41, 5.74) is 2.55. The number of carbonyl (C=O) groups is 1. The smallest absolute Gasteiger partial charge is 0.321 e. The van der Waals surface area contributed by atoms with Crippen LogP contribution in [0.2, 0.25) is 0 Å². The topological polar surface area (TPSA) is 66.9 Å². The first-order chi connectivity index (χ1) is 10.3.